The van der Waals surface area contributed by atoms with E-state index in [4.69, 9.17) is 5.73 Å². The maximum atomic E-state index is 5.89. The molecular weight excluding hydrogens is 304 g/mol. The van der Waals surface area contributed by atoms with Gasteiger partial charge in [-0.05, 0) is 41.4 Å². The molecule has 104 valence electrons. The Kier molecular flexibility index (Phi) is 4.47. The quantitative estimate of drug-likeness (QED) is 0.918. The van der Waals surface area contributed by atoms with Gasteiger partial charge in [-0.3, -0.25) is 4.68 Å². The van der Waals surface area contributed by atoms with Crippen LogP contribution in [0.5, 0.6) is 0 Å². The Morgan fingerprint density at radius 2 is 2.21 bits per heavy atom. The lowest BCUT2D eigenvalue weighted by Crippen LogP contribution is -2.20. The summed E-state index contributed by atoms with van der Waals surface area (Å²) in [6.45, 7) is 4.97. The predicted octanol–water partition coefficient (Wildman–Crippen LogP) is 2.48. The van der Waals surface area contributed by atoms with Crippen LogP contribution in [0.15, 0.2) is 22.8 Å². The molecule has 0 amide bonds. The highest BCUT2D eigenvalue weighted by molar-refractivity contribution is 9.10. The minimum absolute atomic E-state index is 0.176. The SMILES string of the molecule is CCc1nn(C)c(Cn2cccc2CC(C)N)c1Br. The molecule has 2 heterocycles. The molecule has 0 saturated carbocycles. The second-order valence-corrected chi connectivity index (χ2v) is 5.79. The van der Waals surface area contributed by atoms with Crippen LogP contribution in [-0.4, -0.2) is 20.4 Å². The first-order valence-corrected chi connectivity index (χ1v) is 7.42. The third kappa shape index (κ3) is 3.09. The van der Waals surface area contributed by atoms with Crippen LogP contribution in [0.1, 0.15) is 30.9 Å². The lowest BCUT2D eigenvalue weighted by atomic mass is 10.2. The van der Waals surface area contributed by atoms with Crippen molar-refractivity contribution in [2.75, 3.05) is 0 Å². The van der Waals surface area contributed by atoms with E-state index in [9.17, 15) is 0 Å². The topological polar surface area (TPSA) is 48.8 Å². The second kappa shape index (κ2) is 5.92. The molecule has 0 aliphatic rings. The fourth-order valence-corrected chi connectivity index (χ4v) is 3.01. The van der Waals surface area contributed by atoms with Gasteiger partial charge in [0.2, 0.25) is 0 Å². The monoisotopic (exact) mass is 324 g/mol. The van der Waals surface area contributed by atoms with Crippen molar-refractivity contribution in [3.05, 3.63) is 39.9 Å². The summed E-state index contributed by atoms with van der Waals surface area (Å²) in [6, 6.07) is 4.38. The van der Waals surface area contributed by atoms with E-state index < -0.39 is 0 Å². The highest BCUT2D eigenvalue weighted by atomic mass is 79.9. The van der Waals surface area contributed by atoms with Crippen LogP contribution in [0.4, 0.5) is 0 Å². The van der Waals surface area contributed by atoms with Crippen molar-refractivity contribution in [2.45, 2.75) is 39.3 Å². The molecule has 2 rings (SSSR count). The lowest BCUT2D eigenvalue weighted by Gasteiger charge is -2.11. The van der Waals surface area contributed by atoms with Gasteiger partial charge in [-0.15, -0.1) is 0 Å². The zero-order valence-corrected chi connectivity index (χ0v) is 13.3. The van der Waals surface area contributed by atoms with E-state index in [0.29, 0.717) is 0 Å². The molecule has 2 aromatic heterocycles. The summed E-state index contributed by atoms with van der Waals surface area (Å²) in [5, 5.41) is 4.53. The minimum atomic E-state index is 0.176. The molecule has 0 spiro atoms. The van der Waals surface area contributed by atoms with E-state index in [1.807, 2.05) is 18.7 Å². The van der Waals surface area contributed by atoms with Crippen molar-refractivity contribution < 1.29 is 0 Å². The van der Waals surface area contributed by atoms with E-state index in [2.05, 4.69) is 50.8 Å². The van der Waals surface area contributed by atoms with E-state index in [1.54, 1.807) is 0 Å². The van der Waals surface area contributed by atoms with E-state index >= 15 is 0 Å². The first-order chi connectivity index (χ1) is 9.02. The maximum Gasteiger partial charge on any atom is 0.0767 e. The third-order valence-electron chi connectivity index (χ3n) is 3.28. The van der Waals surface area contributed by atoms with Crippen LogP contribution in [0.2, 0.25) is 0 Å². The van der Waals surface area contributed by atoms with Crippen molar-refractivity contribution in [3.8, 4) is 0 Å². The summed E-state index contributed by atoms with van der Waals surface area (Å²) in [4.78, 5) is 0. The molecule has 0 fully saturated rings. The van der Waals surface area contributed by atoms with Crippen LogP contribution in [-0.2, 0) is 26.4 Å². The fraction of sp³-hybridized carbons (Fsp3) is 0.500. The van der Waals surface area contributed by atoms with Gasteiger partial charge in [0.05, 0.1) is 22.4 Å². The molecule has 1 atom stereocenters. The van der Waals surface area contributed by atoms with Gasteiger partial charge in [0, 0.05) is 31.4 Å². The largest absolute Gasteiger partial charge is 0.345 e. The van der Waals surface area contributed by atoms with Crippen LogP contribution in [0, 0.1) is 0 Å². The average molecular weight is 325 g/mol. The van der Waals surface area contributed by atoms with Crippen molar-refractivity contribution in [1.82, 2.24) is 14.3 Å². The summed E-state index contributed by atoms with van der Waals surface area (Å²) < 4.78 is 5.32. The van der Waals surface area contributed by atoms with Gasteiger partial charge >= 0.3 is 0 Å². The second-order valence-electron chi connectivity index (χ2n) is 4.99. The lowest BCUT2D eigenvalue weighted by molar-refractivity contribution is 0.625. The number of aryl methyl sites for hydroxylation is 2. The first kappa shape index (κ1) is 14.3. The summed E-state index contributed by atoms with van der Waals surface area (Å²) >= 11 is 3.66. The van der Waals surface area contributed by atoms with Gasteiger partial charge in [-0.25, -0.2) is 0 Å². The van der Waals surface area contributed by atoms with Gasteiger partial charge < -0.3 is 10.3 Å². The Morgan fingerprint density at radius 1 is 1.47 bits per heavy atom. The van der Waals surface area contributed by atoms with E-state index in [-0.39, 0.29) is 6.04 Å². The zero-order chi connectivity index (χ0) is 14.0. The molecule has 2 N–H and O–H groups in total. The van der Waals surface area contributed by atoms with Gasteiger partial charge in [0.25, 0.3) is 0 Å². The van der Waals surface area contributed by atoms with Gasteiger partial charge in [0.1, 0.15) is 0 Å². The Labute approximate surface area is 122 Å². The van der Waals surface area contributed by atoms with Crippen molar-refractivity contribution in [3.63, 3.8) is 0 Å². The van der Waals surface area contributed by atoms with Crippen LogP contribution in [0.3, 0.4) is 0 Å². The number of nitrogens with zero attached hydrogens (tertiary/aromatic N) is 3. The van der Waals surface area contributed by atoms with Gasteiger partial charge in [-0.2, -0.15) is 5.10 Å². The third-order valence-corrected chi connectivity index (χ3v) is 4.19. The number of hydrogen-bond acceptors (Lipinski definition) is 2. The van der Waals surface area contributed by atoms with Crippen LogP contribution < -0.4 is 5.73 Å². The Hall–Kier alpha value is -1.07. The van der Waals surface area contributed by atoms with Crippen molar-refractivity contribution >= 4 is 15.9 Å². The minimum Gasteiger partial charge on any atom is -0.345 e. The normalized spacial score (nSPS) is 12.9. The number of rotatable bonds is 5. The molecule has 0 aliphatic heterocycles. The number of aromatic nitrogens is 3. The summed E-state index contributed by atoms with van der Waals surface area (Å²) in [7, 11) is 1.99. The number of hydrogen-bond donors (Lipinski definition) is 1. The van der Waals surface area contributed by atoms with E-state index in [1.165, 1.54) is 11.4 Å². The molecule has 0 aromatic carbocycles. The highest BCUT2D eigenvalue weighted by Gasteiger charge is 2.14. The molecule has 2 aromatic rings. The molecule has 0 saturated heterocycles. The van der Waals surface area contributed by atoms with Gasteiger partial charge in [-0.1, -0.05) is 6.92 Å². The molecule has 1 unspecified atom stereocenters. The summed E-state index contributed by atoms with van der Waals surface area (Å²) in [5.41, 5.74) is 9.46. The number of halogens is 1. The smallest absolute Gasteiger partial charge is 0.0767 e. The van der Waals surface area contributed by atoms with Crippen LogP contribution in [0.25, 0.3) is 0 Å². The summed E-state index contributed by atoms with van der Waals surface area (Å²) in [5.74, 6) is 0. The fourth-order valence-electron chi connectivity index (χ4n) is 2.27. The van der Waals surface area contributed by atoms with Crippen LogP contribution >= 0.6 is 15.9 Å². The standard InChI is InChI=1S/C14H21BrN4/c1-4-12-14(15)13(18(3)17-12)9-19-7-5-6-11(19)8-10(2)16/h5-7,10H,4,8-9,16H2,1-3H3. The molecule has 0 bridgehead atoms. The first-order valence-electron chi connectivity index (χ1n) is 6.62. The van der Waals surface area contributed by atoms with Crippen molar-refractivity contribution in [1.29, 1.82) is 0 Å². The Balaban J connectivity index is 2.26. The molecule has 0 aliphatic carbocycles. The van der Waals surface area contributed by atoms with Crippen molar-refractivity contribution in [2.24, 2.45) is 12.8 Å². The molecule has 5 heteroatoms. The molecule has 0 radical (unpaired) electrons. The molecular formula is C14H21BrN4. The predicted molar refractivity (Wildman–Crippen MR) is 81.2 cm³/mol. The Bertz CT molecular complexity index is 554. The molecule has 4 nitrogen and oxygen atoms in total. The Morgan fingerprint density at radius 3 is 2.79 bits per heavy atom. The molecule has 19 heavy (non-hydrogen) atoms. The van der Waals surface area contributed by atoms with E-state index in [0.717, 1.165) is 29.6 Å². The summed E-state index contributed by atoms with van der Waals surface area (Å²) in [6.07, 6.45) is 3.93. The highest BCUT2D eigenvalue weighted by Crippen LogP contribution is 2.23. The average Bonchev–Trinajstić information content (AvgIpc) is 2.88. The van der Waals surface area contributed by atoms with Gasteiger partial charge in [0.15, 0.2) is 0 Å². The zero-order valence-electron chi connectivity index (χ0n) is 11.7. The maximum absolute atomic E-state index is 5.89. The number of nitrogens with two attached hydrogens (primary N) is 1.